The van der Waals surface area contributed by atoms with Crippen molar-refractivity contribution in [2.75, 3.05) is 6.54 Å². The van der Waals surface area contributed by atoms with Gasteiger partial charge in [0.05, 0.1) is 5.69 Å². The summed E-state index contributed by atoms with van der Waals surface area (Å²) in [5.74, 6) is 0.311. The Morgan fingerprint density at radius 1 is 1.59 bits per heavy atom. The van der Waals surface area contributed by atoms with Crippen LogP contribution in [0.2, 0.25) is 0 Å². The average molecular weight is 235 g/mol. The van der Waals surface area contributed by atoms with Crippen molar-refractivity contribution in [3.05, 3.63) is 24.3 Å². The molecule has 1 aliphatic rings. The summed E-state index contributed by atoms with van der Waals surface area (Å²) in [6.07, 6.45) is 6.17. The molecule has 1 fully saturated rings. The van der Waals surface area contributed by atoms with Gasteiger partial charge in [-0.2, -0.15) is 0 Å². The number of rotatable bonds is 6. The summed E-state index contributed by atoms with van der Waals surface area (Å²) in [6, 6.07) is 1.89. The lowest BCUT2D eigenvalue weighted by atomic mass is 10.0. The zero-order chi connectivity index (χ0) is 12.1. The second kappa shape index (κ2) is 5.09. The topological polar surface area (TPSA) is 96.4 Å². The van der Waals surface area contributed by atoms with Crippen LogP contribution in [0.5, 0.6) is 0 Å². The Bertz CT molecular complexity index is 388. The molecule has 92 valence electrons. The summed E-state index contributed by atoms with van der Waals surface area (Å²) in [7, 11) is 0. The van der Waals surface area contributed by atoms with Crippen LogP contribution in [-0.2, 0) is 6.54 Å². The molecule has 0 amide bonds. The van der Waals surface area contributed by atoms with E-state index in [0.717, 1.165) is 31.6 Å². The van der Waals surface area contributed by atoms with Crippen LogP contribution in [0, 0.1) is 5.41 Å². The van der Waals surface area contributed by atoms with Gasteiger partial charge in [-0.05, 0) is 24.3 Å². The summed E-state index contributed by atoms with van der Waals surface area (Å²) >= 11 is 0. The quantitative estimate of drug-likeness (QED) is 0.288. The van der Waals surface area contributed by atoms with Crippen molar-refractivity contribution in [3.8, 4) is 0 Å². The maximum atomic E-state index is 8.55. The highest BCUT2D eigenvalue weighted by molar-refractivity contribution is 5.80. The number of nitrogens with zero attached hydrogens (tertiary/aromatic N) is 3. The van der Waals surface area contributed by atoms with E-state index in [2.05, 4.69) is 20.4 Å². The molecule has 0 saturated heterocycles. The number of hydrogen-bond donors (Lipinski definition) is 3. The molecule has 6 nitrogen and oxygen atoms in total. The highest BCUT2D eigenvalue weighted by atomic mass is 16.4. The second-order valence-corrected chi connectivity index (χ2v) is 4.57. The lowest BCUT2D eigenvalue weighted by molar-refractivity contribution is 0.314. The molecular formula is C11H17N5O. The maximum Gasteiger partial charge on any atom is 0.139 e. The molecule has 0 bridgehead atoms. The van der Waals surface area contributed by atoms with Crippen molar-refractivity contribution in [2.45, 2.75) is 25.8 Å². The summed E-state index contributed by atoms with van der Waals surface area (Å²) in [4.78, 5) is 8.00. The molecule has 0 radical (unpaired) electrons. The van der Waals surface area contributed by atoms with Gasteiger partial charge < -0.3 is 16.3 Å². The van der Waals surface area contributed by atoms with Crippen LogP contribution in [0.3, 0.4) is 0 Å². The number of amidine groups is 1. The number of aromatic nitrogens is 2. The van der Waals surface area contributed by atoms with Crippen LogP contribution in [0.4, 0.5) is 0 Å². The largest absolute Gasteiger partial charge is 0.409 e. The van der Waals surface area contributed by atoms with E-state index in [0.29, 0.717) is 12.3 Å². The van der Waals surface area contributed by atoms with Crippen LogP contribution in [0.1, 0.15) is 25.0 Å². The van der Waals surface area contributed by atoms with Gasteiger partial charge >= 0.3 is 0 Å². The molecule has 4 N–H and O–H groups in total. The number of oxime groups is 1. The first kappa shape index (κ1) is 11.8. The Kier molecular flexibility index (Phi) is 3.53. The smallest absolute Gasteiger partial charge is 0.139 e. The molecule has 1 aliphatic carbocycles. The number of hydrogen-bond acceptors (Lipinski definition) is 5. The first-order valence-corrected chi connectivity index (χ1v) is 5.66. The summed E-state index contributed by atoms with van der Waals surface area (Å²) in [5.41, 5.74) is 6.69. The lowest BCUT2D eigenvalue weighted by Crippen LogP contribution is -2.28. The van der Waals surface area contributed by atoms with Gasteiger partial charge in [-0.15, -0.1) is 0 Å². The number of nitrogens with two attached hydrogens (primary N) is 1. The van der Waals surface area contributed by atoms with Crippen molar-refractivity contribution < 1.29 is 5.21 Å². The summed E-state index contributed by atoms with van der Waals surface area (Å²) in [5, 5.41) is 14.9. The minimum Gasteiger partial charge on any atom is -0.409 e. The van der Waals surface area contributed by atoms with Crippen LogP contribution < -0.4 is 11.1 Å². The first-order valence-electron chi connectivity index (χ1n) is 5.66. The molecule has 1 aromatic heterocycles. The molecule has 0 aliphatic heterocycles. The van der Waals surface area contributed by atoms with Gasteiger partial charge in [0.2, 0.25) is 0 Å². The molecular weight excluding hydrogens is 218 g/mol. The van der Waals surface area contributed by atoms with E-state index in [-0.39, 0.29) is 5.41 Å². The zero-order valence-corrected chi connectivity index (χ0v) is 9.63. The van der Waals surface area contributed by atoms with Crippen molar-refractivity contribution >= 4 is 5.84 Å². The fourth-order valence-corrected chi connectivity index (χ4v) is 1.89. The minimum absolute atomic E-state index is 0.184. The Hall–Kier alpha value is -1.69. The van der Waals surface area contributed by atoms with Gasteiger partial charge in [0.25, 0.3) is 0 Å². The summed E-state index contributed by atoms with van der Waals surface area (Å²) in [6.45, 7) is 1.59. The third-order valence-electron chi connectivity index (χ3n) is 3.09. The molecule has 17 heavy (non-hydrogen) atoms. The number of nitrogens with one attached hydrogen (secondary N) is 1. The molecule has 1 heterocycles. The Balaban J connectivity index is 1.75. The predicted octanol–water partition coefficient (Wildman–Crippen LogP) is 0.483. The molecule has 0 spiro atoms. The minimum atomic E-state index is 0.184. The van der Waals surface area contributed by atoms with Crippen LogP contribution in [0.15, 0.2) is 23.7 Å². The second-order valence-electron chi connectivity index (χ2n) is 4.57. The monoisotopic (exact) mass is 235 g/mol. The molecule has 1 saturated carbocycles. The Morgan fingerprint density at radius 2 is 2.41 bits per heavy atom. The van der Waals surface area contributed by atoms with Gasteiger partial charge in [-0.1, -0.05) is 5.16 Å². The van der Waals surface area contributed by atoms with Crippen LogP contribution >= 0.6 is 0 Å². The molecule has 0 unspecified atom stereocenters. The Morgan fingerprint density at radius 3 is 3.00 bits per heavy atom. The molecule has 0 aromatic carbocycles. The van der Waals surface area contributed by atoms with Crippen LogP contribution in [-0.4, -0.2) is 27.6 Å². The normalized spacial score (nSPS) is 18.0. The van der Waals surface area contributed by atoms with Gasteiger partial charge in [-0.3, -0.25) is 0 Å². The maximum absolute atomic E-state index is 8.55. The van der Waals surface area contributed by atoms with E-state index in [4.69, 9.17) is 10.9 Å². The molecule has 0 atom stereocenters. The van der Waals surface area contributed by atoms with E-state index in [9.17, 15) is 0 Å². The Labute approximate surface area is 100.0 Å². The van der Waals surface area contributed by atoms with Crippen molar-refractivity contribution in [1.82, 2.24) is 15.3 Å². The molecule has 6 heteroatoms. The van der Waals surface area contributed by atoms with E-state index in [1.807, 2.05) is 6.07 Å². The third kappa shape index (κ3) is 3.39. The molecule has 2 rings (SSSR count). The van der Waals surface area contributed by atoms with E-state index in [1.54, 1.807) is 12.5 Å². The highest BCUT2D eigenvalue weighted by Crippen LogP contribution is 2.48. The zero-order valence-electron chi connectivity index (χ0n) is 9.63. The lowest BCUT2D eigenvalue weighted by Gasteiger charge is -2.14. The van der Waals surface area contributed by atoms with Gasteiger partial charge in [-0.25, -0.2) is 9.97 Å². The first-order chi connectivity index (χ1) is 8.24. The molecule has 1 aromatic rings. The summed E-state index contributed by atoms with van der Waals surface area (Å²) < 4.78 is 0. The highest BCUT2D eigenvalue weighted by Gasteiger charge is 2.42. The van der Waals surface area contributed by atoms with Crippen LogP contribution in [0.25, 0.3) is 0 Å². The van der Waals surface area contributed by atoms with E-state index in [1.165, 1.54) is 0 Å². The fourth-order valence-electron chi connectivity index (χ4n) is 1.89. The average Bonchev–Trinajstić information content (AvgIpc) is 3.10. The van der Waals surface area contributed by atoms with Gasteiger partial charge in [0.15, 0.2) is 0 Å². The van der Waals surface area contributed by atoms with Gasteiger partial charge in [0, 0.05) is 25.7 Å². The standard InChI is InChI=1S/C11H17N5O/c12-10(16-17)5-11(2-3-11)7-14-6-9-1-4-13-8-15-9/h1,4,8,14,17H,2-3,5-7H2,(H2,12,16). The van der Waals surface area contributed by atoms with E-state index < -0.39 is 0 Å². The van der Waals surface area contributed by atoms with Crippen molar-refractivity contribution in [2.24, 2.45) is 16.3 Å². The van der Waals surface area contributed by atoms with Gasteiger partial charge in [0.1, 0.15) is 12.2 Å². The predicted molar refractivity (Wildman–Crippen MR) is 63.4 cm³/mol. The van der Waals surface area contributed by atoms with Crippen molar-refractivity contribution in [3.63, 3.8) is 0 Å². The SMILES string of the molecule is N/C(CC1(CNCc2ccncn2)CC1)=N/O. The van der Waals surface area contributed by atoms with Crippen molar-refractivity contribution in [1.29, 1.82) is 0 Å². The van der Waals surface area contributed by atoms with E-state index >= 15 is 0 Å². The third-order valence-corrected chi connectivity index (χ3v) is 3.09. The fraction of sp³-hybridized carbons (Fsp3) is 0.545.